The van der Waals surface area contributed by atoms with Gasteiger partial charge in [0.05, 0.1) is 16.8 Å². The highest BCUT2D eigenvalue weighted by atomic mass is 19.1. The van der Waals surface area contributed by atoms with Gasteiger partial charge in [-0.25, -0.2) is 4.39 Å². The van der Waals surface area contributed by atoms with Crippen molar-refractivity contribution in [2.45, 2.75) is 20.4 Å². The molecule has 0 bridgehead atoms. The molecule has 2 heterocycles. The van der Waals surface area contributed by atoms with E-state index in [9.17, 15) is 24.0 Å². The van der Waals surface area contributed by atoms with Gasteiger partial charge in [-0.2, -0.15) is 0 Å². The number of amides is 1. The van der Waals surface area contributed by atoms with Gasteiger partial charge in [0, 0.05) is 51.2 Å². The minimum absolute atomic E-state index is 0.0226. The molecular weight excluding hydrogens is 453 g/mol. The van der Waals surface area contributed by atoms with Crippen LogP contribution >= 0.6 is 0 Å². The average Bonchev–Trinajstić information content (AvgIpc) is 2.85. The number of hydrogen-bond donors (Lipinski definition) is 0. The highest BCUT2D eigenvalue weighted by molar-refractivity contribution is 6.46. The molecule has 2 aromatic rings. The van der Waals surface area contributed by atoms with Crippen molar-refractivity contribution in [1.82, 2.24) is 9.47 Å². The van der Waals surface area contributed by atoms with Crippen LogP contribution in [-0.4, -0.2) is 58.9 Å². The summed E-state index contributed by atoms with van der Waals surface area (Å²) in [5, 5.41) is 0.0901. The molecule has 0 saturated carbocycles. The van der Waals surface area contributed by atoms with Gasteiger partial charge in [-0.1, -0.05) is 12.2 Å². The predicted octanol–water partition coefficient (Wildman–Crippen LogP) is 2.20. The molecule has 1 amide bonds. The molecule has 180 valence electrons. The van der Waals surface area contributed by atoms with Gasteiger partial charge >= 0.3 is 0 Å². The van der Waals surface area contributed by atoms with Crippen molar-refractivity contribution in [3.05, 3.63) is 75.9 Å². The molecule has 1 aliphatic carbocycles. The number of ketones is 3. The summed E-state index contributed by atoms with van der Waals surface area (Å²) >= 11 is 0. The molecule has 1 fully saturated rings. The van der Waals surface area contributed by atoms with E-state index in [1.165, 1.54) is 25.3 Å². The maximum absolute atomic E-state index is 15.1. The monoisotopic (exact) mass is 477 g/mol. The quantitative estimate of drug-likeness (QED) is 0.284. The number of carbonyl (C=O) groups excluding carboxylic acids is 4. The van der Waals surface area contributed by atoms with Gasteiger partial charge < -0.3 is 14.4 Å². The van der Waals surface area contributed by atoms with Crippen molar-refractivity contribution in [2.24, 2.45) is 0 Å². The standard InChI is InChI=1S/C26H24FN3O5/c1-3-28-15-19(23(32)6-4-17-5-7-24(33)25(34)12-17)26(35)18-13-20(27)22(14-21(18)28)30-10-8-29(9-11-30)16(2)31/h4-7,12-15H,3,8-11H2,1-2H3/b6-4+. The van der Waals surface area contributed by atoms with E-state index in [1.54, 1.807) is 15.5 Å². The minimum Gasteiger partial charge on any atom is -0.366 e. The maximum atomic E-state index is 15.1. The average molecular weight is 477 g/mol. The Balaban J connectivity index is 1.68. The second-order valence-corrected chi connectivity index (χ2v) is 8.38. The Labute approximate surface area is 200 Å². The molecule has 0 N–H and O–H groups in total. The maximum Gasteiger partial charge on any atom is 0.226 e. The third-order valence-corrected chi connectivity index (χ3v) is 6.22. The number of anilines is 1. The lowest BCUT2D eigenvalue weighted by molar-refractivity contribution is -0.131. The number of piperazine rings is 1. The van der Waals surface area contributed by atoms with Gasteiger partial charge in [-0.3, -0.25) is 24.0 Å². The van der Waals surface area contributed by atoms with Gasteiger partial charge in [-0.05, 0) is 42.9 Å². The van der Waals surface area contributed by atoms with Crippen LogP contribution in [0.15, 0.2) is 59.1 Å². The molecule has 1 aromatic heterocycles. The number of rotatable bonds is 5. The Morgan fingerprint density at radius 1 is 1.03 bits per heavy atom. The van der Waals surface area contributed by atoms with Crippen molar-refractivity contribution in [3.8, 4) is 0 Å². The van der Waals surface area contributed by atoms with Crippen molar-refractivity contribution >= 4 is 39.8 Å². The van der Waals surface area contributed by atoms with E-state index in [1.807, 2.05) is 11.8 Å². The van der Waals surface area contributed by atoms with Crippen molar-refractivity contribution in [2.75, 3.05) is 31.1 Å². The van der Waals surface area contributed by atoms with Gasteiger partial charge in [-0.15, -0.1) is 0 Å². The van der Waals surface area contributed by atoms with Crippen LogP contribution < -0.4 is 10.3 Å². The summed E-state index contributed by atoms with van der Waals surface area (Å²) in [5.74, 6) is -2.52. The molecule has 1 aliphatic heterocycles. The number of nitrogens with zero attached hydrogens (tertiary/aromatic N) is 3. The Bertz CT molecular complexity index is 1410. The number of carbonyl (C=O) groups is 4. The van der Waals surface area contributed by atoms with Crippen molar-refractivity contribution < 1.29 is 23.6 Å². The Hall–Kier alpha value is -4.14. The lowest BCUT2D eigenvalue weighted by atomic mass is 10.0. The molecule has 1 aromatic carbocycles. The normalized spacial score (nSPS) is 16.4. The fourth-order valence-corrected chi connectivity index (χ4v) is 4.23. The van der Waals surface area contributed by atoms with Crippen LogP contribution in [0.4, 0.5) is 10.1 Å². The zero-order valence-corrected chi connectivity index (χ0v) is 19.4. The van der Waals surface area contributed by atoms with Gasteiger partial charge in [0.25, 0.3) is 0 Å². The largest absolute Gasteiger partial charge is 0.366 e. The van der Waals surface area contributed by atoms with E-state index in [0.29, 0.717) is 49.5 Å². The highest BCUT2D eigenvalue weighted by Gasteiger charge is 2.23. The van der Waals surface area contributed by atoms with E-state index < -0.39 is 28.6 Å². The summed E-state index contributed by atoms with van der Waals surface area (Å²) < 4.78 is 16.8. The summed E-state index contributed by atoms with van der Waals surface area (Å²) in [6, 6.07) is 2.77. The summed E-state index contributed by atoms with van der Waals surface area (Å²) in [4.78, 5) is 63.9. The Morgan fingerprint density at radius 2 is 1.74 bits per heavy atom. The van der Waals surface area contributed by atoms with E-state index in [4.69, 9.17) is 0 Å². The summed E-state index contributed by atoms with van der Waals surface area (Å²) in [5.41, 5.74) is 0.494. The number of pyridine rings is 1. The van der Waals surface area contributed by atoms with Gasteiger partial charge in [0.1, 0.15) is 5.82 Å². The van der Waals surface area contributed by atoms with E-state index in [2.05, 4.69) is 0 Å². The Morgan fingerprint density at radius 3 is 2.37 bits per heavy atom. The number of hydrogen-bond acceptors (Lipinski definition) is 6. The van der Waals surface area contributed by atoms with Crippen molar-refractivity contribution in [1.29, 1.82) is 0 Å². The molecule has 1 saturated heterocycles. The number of aryl methyl sites for hydroxylation is 1. The molecular formula is C26H24FN3O5. The second-order valence-electron chi connectivity index (χ2n) is 8.38. The smallest absolute Gasteiger partial charge is 0.226 e. The Kier molecular flexibility index (Phi) is 6.59. The van der Waals surface area contributed by atoms with E-state index in [0.717, 1.165) is 24.3 Å². The number of halogens is 1. The molecule has 9 heteroatoms. The first-order valence-corrected chi connectivity index (χ1v) is 11.3. The molecule has 35 heavy (non-hydrogen) atoms. The SMILES string of the molecule is CCn1cc(C(=O)/C=C/C2=CC(=O)C(=O)C=C2)c(=O)c2cc(F)c(N3CCN(C(C)=O)CC3)cc21. The summed E-state index contributed by atoms with van der Waals surface area (Å²) in [7, 11) is 0. The topological polar surface area (TPSA) is 96.8 Å². The molecule has 8 nitrogen and oxygen atoms in total. The lowest BCUT2D eigenvalue weighted by Gasteiger charge is -2.36. The third-order valence-electron chi connectivity index (χ3n) is 6.22. The van der Waals surface area contributed by atoms with Crippen LogP contribution in [0.3, 0.4) is 0 Å². The molecule has 2 aliphatic rings. The molecule has 0 unspecified atom stereocenters. The zero-order chi connectivity index (χ0) is 25.3. The summed E-state index contributed by atoms with van der Waals surface area (Å²) in [6.45, 7) is 5.70. The van der Waals surface area contributed by atoms with E-state index >= 15 is 4.39 Å². The second kappa shape index (κ2) is 9.61. The molecule has 0 radical (unpaired) electrons. The zero-order valence-electron chi connectivity index (χ0n) is 19.4. The highest BCUT2D eigenvalue weighted by Crippen LogP contribution is 2.26. The van der Waals surface area contributed by atoms with Crippen LogP contribution in [0.1, 0.15) is 24.2 Å². The third kappa shape index (κ3) is 4.75. The van der Waals surface area contributed by atoms with Crippen LogP contribution in [0.5, 0.6) is 0 Å². The van der Waals surface area contributed by atoms with Crippen molar-refractivity contribution in [3.63, 3.8) is 0 Å². The van der Waals surface area contributed by atoms with Crippen LogP contribution in [0.2, 0.25) is 0 Å². The fourth-order valence-electron chi connectivity index (χ4n) is 4.23. The summed E-state index contributed by atoms with van der Waals surface area (Å²) in [6.07, 6.45) is 7.60. The molecule has 4 rings (SSSR count). The fraction of sp³-hybridized carbons (Fsp3) is 0.269. The van der Waals surface area contributed by atoms with Crippen LogP contribution in [-0.2, 0) is 20.9 Å². The van der Waals surface area contributed by atoms with Crippen LogP contribution in [0, 0.1) is 5.82 Å². The first-order valence-electron chi connectivity index (χ1n) is 11.3. The molecule has 0 spiro atoms. The van der Waals surface area contributed by atoms with Gasteiger partial charge in [0.15, 0.2) is 5.78 Å². The predicted molar refractivity (Wildman–Crippen MR) is 129 cm³/mol. The lowest BCUT2D eigenvalue weighted by Crippen LogP contribution is -2.48. The van der Waals surface area contributed by atoms with Gasteiger partial charge in [0.2, 0.25) is 22.9 Å². The number of benzene rings is 1. The first-order chi connectivity index (χ1) is 16.7. The molecule has 0 atom stereocenters. The first kappa shape index (κ1) is 24.0. The van der Waals surface area contributed by atoms with Crippen LogP contribution in [0.25, 0.3) is 10.9 Å². The number of aromatic nitrogens is 1. The van der Waals surface area contributed by atoms with E-state index in [-0.39, 0.29) is 16.9 Å². The minimum atomic E-state index is -0.687. The number of allylic oxidation sites excluding steroid dienone is 6. The number of fused-ring (bicyclic) bond motifs is 1.